The molecule has 0 spiro atoms. The monoisotopic (exact) mass is 492 g/mol. The average Bonchev–Trinajstić information content (AvgIpc) is 3.44. The van der Waals surface area contributed by atoms with E-state index in [1.165, 1.54) is 0 Å². The van der Waals surface area contributed by atoms with Gasteiger partial charge in [-0.25, -0.2) is 14.8 Å². The number of anilines is 2. The van der Waals surface area contributed by atoms with Gasteiger partial charge in [-0.05, 0) is 39.0 Å². The van der Waals surface area contributed by atoms with Crippen molar-refractivity contribution >= 4 is 23.6 Å². The molecular formula is C25H32N8O3. The molecule has 36 heavy (non-hydrogen) atoms. The molecule has 11 nitrogen and oxygen atoms in total. The topological polar surface area (TPSA) is 129 Å². The molecule has 0 saturated carbocycles. The molecule has 0 saturated heterocycles. The molecule has 1 aliphatic heterocycles. The van der Waals surface area contributed by atoms with E-state index in [-0.39, 0.29) is 18.5 Å². The molecule has 2 N–H and O–H groups in total. The van der Waals surface area contributed by atoms with Crippen LogP contribution in [-0.4, -0.2) is 61.5 Å². The number of pyridine rings is 2. The largest absolute Gasteiger partial charge is 0.465 e. The maximum absolute atomic E-state index is 13.6. The summed E-state index contributed by atoms with van der Waals surface area (Å²) in [5.41, 5.74) is 2.71. The fourth-order valence-electron chi connectivity index (χ4n) is 4.29. The minimum atomic E-state index is -1.09. The Morgan fingerprint density at radius 3 is 2.67 bits per heavy atom. The normalized spacial score (nSPS) is 12.8. The Morgan fingerprint density at radius 1 is 1.22 bits per heavy atom. The predicted octanol–water partition coefficient (Wildman–Crippen LogP) is 3.13. The van der Waals surface area contributed by atoms with Crippen molar-refractivity contribution in [3.8, 4) is 11.5 Å². The van der Waals surface area contributed by atoms with Crippen molar-refractivity contribution in [3.05, 3.63) is 46.9 Å². The van der Waals surface area contributed by atoms with Gasteiger partial charge in [0, 0.05) is 44.6 Å². The Balaban J connectivity index is 1.70. The van der Waals surface area contributed by atoms with Crippen LogP contribution in [0.5, 0.6) is 0 Å². The van der Waals surface area contributed by atoms with Crippen molar-refractivity contribution in [1.29, 1.82) is 0 Å². The summed E-state index contributed by atoms with van der Waals surface area (Å²) in [7, 11) is 1.93. The summed E-state index contributed by atoms with van der Waals surface area (Å²) in [5.74, 6) is 2.59. The minimum Gasteiger partial charge on any atom is -0.465 e. The number of aryl methyl sites for hydroxylation is 1. The van der Waals surface area contributed by atoms with Crippen LogP contribution < -0.4 is 15.1 Å². The van der Waals surface area contributed by atoms with Crippen LogP contribution in [0.4, 0.5) is 16.4 Å². The number of hydrogen-bond donors (Lipinski definition) is 2. The van der Waals surface area contributed by atoms with E-state index in [9.17, 15) is 9.59 Å². The number of hydrogen-bond acceptors (Lipinski definition) is 7. The summed E-state index contributed by atoms with van der Waals surface area (Å²) in [4.78, 5) is 37.8. The van der Waals surface area contributed by atoms with E-state index in [0.717, 1.165) is 24.4 Å². The molecule has 0 aromatic carbocycles. The summed E-state index contributed by atoms with van der Waals surface area (Å²) >= 11 is 0. The third-order valence-corrected chi connectivity index (χ3v) is 6.46. The van der Waals surface area contributed by atoms with Crippen LogP contribution in [0.25, 0.3) is 11.5 Å². The van der Waals surface area contributed by atoms with Gasteiger partial charge in [0.25, 0.3) is 5.91 Å². The van der Waals surface area contributed by atoms with Gasteiger partial charge in [0.2, 0.25) is 0 Å². The van der Waals surface area contributed by atoms with E-state index >= 15 is 0 Å². The number of nitrogens with zero attached hydrogens (tertiary/aromatic N) is 7. The maximum atomic E-state index is 13.6. The van der Waals surface area contributed by atoms with Crippen molar-refractivity contribution in [2.45, 2.75) is 59.7 Å². The maximum Gasteiger partial charge on any atom is 0.404 e. The number of aromatic nitrogens is 5. The second kappa shape index (κ2) is 10.3. The van der Waals surface area contributed by atoms with E-state index < -0.39 is 6.09 Å². The molecule has 0 fully saturated rings. The molecular weight excluding hydrogens is 460 g/mol. The number of carbonyl (C=O) groups is 2. The molecule has 4 rings (SSSR count). The standard InChI is InChI=1S/C25H32N8O3/c1-6-20-29-30-23(32(20)7-2)19-9-8-10-21(28-19)33-14-17-16(24(33)34)13-22(31(5)15(3)4)27-18(17)11-12-26-25(35)36/h8-10,13,15,26H,6-7,11-12,14H2,1-5H3,(H,35,36). The first-order chi connectivity index (χ1) is 17.2. The SMILES string of the molecule is CCc1nnc(-c2cccc(N3Cc4c(cc(N(C)C(C)C)nc4CCNC(=O)O)C3=O)n2)n1CC. The van der Waals surface area contributed by atoms with Gasteiger partial charge < -0.3 is 19.9 Å². The quantitative estimate of drug-likeness (QED) is 0.466. The highest BCUT2D eigenvalue weighted by Crippen LogP contribution is 2.33. The Hall–Kier alpha value is -4.02. The van der Waals surface area contributed by atoms with Crippen molar-refractivity contribution in [3.63, 3.8) is 0 Å². The van der Waals surface area contributed by atoms with Gasteiger partial charge in [-0.1, -0.05) is 13.0 Å². The molecule has 3 aromatic heterocycles. The van der Waals surface area contributed by atoms with Crippen LogP contribution in [0.2, 0.25) is 0 Å². The second-order valence-electron chi connectivity index (χ2n) is 8.95. The summed E-state index contributed by atoms with van der Waals surface area (Å²) in [6.45, 7) is 9.40. The van der Waals surface area contributed by atoms with Crippen LogP contribution >= 0.6 is 0 Å². The molecule has 0 bridgehead atoms. The van der Waals surface area contributed by atoms with Crippen molar-refractivity contribution < 1.29 is 14.7 Å². The Morgan fingerprint density at radius 2 is 2.00 bits per heavy atom. The lowest BCUT2D eigenvalue weighted by Crippen LogP contribution is -2.28. The van der Waals surface area contributed by atoms with E-state index in [0.29, 0.717) is 47.4 Å². The van der Waals surface area contributed by atoms with E-state index in [4.69, 9.17) is 15.1 Å². The molecule has 1 aliphatic rings. The molecule has 3 aromatic rings. The summed E-state index contributed by atoms with van der Waals surface area (Å²) in [6.07, 6.45) is 0.0506. The molecule has 0 radical (unpaired) electrons. The lowest BCUT2D eigenvalue weighted by atomic mass is 10.1. The highest BCUT2D eigenvalue weighted by Gasteiger charge is 2.33. The van der Waals surface area contributed by atoms with Gasteiger partial charge in [-0.3, -0.25) is 9.69 Å². The zero-order chi connectivity index (χ0) is 26.0. The highest BCUT2D eigenvalue weighted by molar-refractivity contribution is 6.10. The van der Waals surface area contributed by atoms with Crippen LogP contribution in [0.15, 0.2) is 24.3 Å². The van der Waals surface area contributed by atoms with Gasteiger partial charge >= 0.3 is 6.09 Å². The van der Waals surface area contributed by atoms with E-state index in [1.807, 2.05) is 62.4 Å². The van der Waals surface area contributed by atoms with E-state index in [2.05, 4.69) is 15.5 Å². The molecule has 0 aliphatic carbocycles. The van der Waals surface area contributed by atoms with Crippen molar-refractivity contribution in [2.75, 3.05) is 23.4 Å². The van der Waals surface area contributed by atoms with Crippen molar-refractivity contribution in [1.82, 2.24) is 30.0 Å². The zero-order valence-corrected chi connectivity index (χ0v) is 21.3. The van der Waals surface area contributed by atoms with Crippen LogP contribution in [-0.2, 0) is 25.9 Å². The molecule has 190 valence electrons. The van der Waals surface area contributed by atoms with Crippen LogP contribution in [0, 0.1) is 0 Å². The average molecular weight is 493 g/mol. The second-order valence-corrected chi connectivity index (χ2v) is 8.95. The third kappa shape index (κ3) is 4.73. The fourth-order valence-corrected chi connectivity index (χ4v) is 4.29. The van der Waals surface area contributed by atoms with Crippen molar-refractivity contribution in [2.24, 2.45) is 0 Å². The molecule has 4 heterocycles. The molecule has 2 amide bonds. The van der Waals surface area contributed by atoms with E-state index in [1.54, 1.807) is 11.0 Å². The van der Waals surface area contributed by atoms with Gasteiger partial charge in [0.15, 0.2) is 5.82 Å². The van der Waals surface area contributed by atoms with Crippen LogP contribution in [0.3, 0.4) is 0 Å². The summed E-state index contributed by atoms with van der Waals surface area (Å²) < 4.78 is 2.03. The number of fused-ring (bicyclic) bond motifs is 1. The first kappa shape index (κ1) is 25.1. The summed E-state index contributed by atoms with van der Waals surface area (Å²) in [6, 6.07) is 7.53. The van der Waals surface area contributed by atoms with Gasteiger partial charge in [0.05, 0.1) is 17.8 Å². The lowest BCUT2D eigenvalue weighted by molar-refractivity contribution is 0.0995. The smallest absolute Gasteiger partial charge is 0.404 e. The molecule has 0 atom stereocenters. The number of rotatable bonds is 9. The zero-order valence-electron chi connectivity index (χ0n) is 21.3. The molecule has 0 unspecified atom stereocenters. The third-order valence-electron chi connectivity index (χ3n) is 6.46. The van der Waals surface area contributed by atoms with Crippen LogP contribution in [0.1, 0.15) is 55.1 Å². The highest BCUT2D eigenvalue weighted by atomic mass is 16.4. The number of nitrogens with one attached hydrogen (secondary N) is 1. The van der Waals surface area contributed by atoms with Gasteiger partial charge in [-0.15, -0.1) is 10.2 Å². The number of carbonyl (C=O) groups excluding carboxylic acids is 1. The Labute approximate surface area is 210 Å². The summed E-state index contributed by atoms with van der Waals surface area (Å²) in [5, 5.41) is 20.0. The number of carboxylic acid groups (broad SMARTS) is 1. The number of amides is 2. The van der Waals surface area contributed by atoms with Gasteiger partial charge in [-0.2, -0.15) is 0 Å². The first-order valence-electron chi connectivity index (χ1n) is 12.2. The minimum absolute atomic E-state index is 0.158. The fraction of sp³-hybridized carbons (Fsp3) is 0.440. The first-order valence-corrected chi connectivity index (χ1v) is 12.2. The lowest BCUT2D eigenvalue weighted by Gasteiger charge is -2.24. The van der Waals surface area contributed by atoms with Gasteiger partial charge in [0.1, 0.15) is 23.2 Å². The Kier molecular flexibility index (Phi) is 7.18. The predicted molar refractivity (Wildman–Crippen MR) is 136 cm³/mol. The molecule has 11 heteroatoms. The Bertz CT molecular complexity index is 1290.